The van der Waals surface area contributed by atoms with Crippen LogP contribution in [0.4, 0.5) is 0 Å². The number of alkyl halides is 1. The Kier molecular flexibility index (Phi) is 4.41. The predicted octanol–water partition coefficient (Wildman–Crippen LogP) is 5.16. The van der Waals surface area contributed by atoms with E-state index in [1.54, 1.807) is 0 Å². The third-order valence-corrected chi connectivity index (χ3v) is 4.77. The minimum Gasteiger partial charge on any atom is -0.494 e. The molecule has 0 radical (unpaired) electrons. The molecule has 110 valence electrons. The third kappa shape index (κ3) is 3.04. The smallest absolute Gasteiger partial charge is 0.127 e. The lowest BCUT2D eigenvalue weighted by Gasteiger charge is -2.15. The van der Waals surface area contributed by atoms with Crippen molar-refractivity contribution in [1.82, 2.24) is 0 Å². The van der Waals surface area contributed by atoms with Gasteiger partial charge in [0.1, 0.15) is 11.5 Å². The van der Waals surface area contributed by atoms with Gasteiger partial charge in [-0.1, -0.05) is 39.7 Å². The van der Waals surface area contributed by atoms with Gasteiger partial charge in [-0.25, -0.2) is 0 Å². The predicted molar refractivity (Wildman–Crippen MR) is 89.0 cm³/mol. The van der Waals surface area contributed by atoms with E-state index in [0.717, 1.165) is 40.7 Å². The summed E-state index contributed by atoms with van der Waals surface area (Å²) in [7, 11) is 0. The van der Waals surface area contributed by atoms with Gasteiger partial charge in [0, 0.05) is 17.0 Å². The maximum atomic E-state index is 6.23. The van der Waals surface area contributed by atoms with Gasteiger partial charge in [-0.05, 0) is 42.3 Å². The van der Waals surface area contributed by atoms with Crippen LogP contribution in [0.15, 0.2) is 36.4 Å². The normalized spacial score (nSPS) is 14.4. The second kappa shape index (κ2) is 6.29. The van der Waals surface area contributed by atoms with Crippen molar-refractivity contribution in [1.29, 1.82) is 0 Å². The van der Waals surface area contributed by atoms with Gasteiger partial charge in [-0.15, -0.1) is 0 Å². The van der Waals surface area contributed by atoms with E-state index in [0.29, 0.717) is 6.61 Å². The van der Waals surface area contributed by atoms with Gasteiger partial charge in [0.2, 0.25) is 0 Å². The van der Waals surface area contributed by atoms with Gasteiger partial charge in [0.15, 0.2) is 0 Å². The fourth-order valence-corrected chi connectivity index (χ4v) is 3.46. The molecule has 0 fully saturated rings. The van der Waals surface area contributed by atoms with E-state index in [9.17, 15) is 0 Å². The Hall–Kier alpha value is -1.19. The van der Waals surface area contributed by atoms with Crippen molar-refractivity contribution >= 4 is 27.5 Å². The highest BCUT2D eigenvalue weighted by atomic mass is 79.9. The van der Waals surface area contributed by atoms with Crippen LogP contribution in [0.5, 0.6) is 11.5 Å². The van der Waals surface area contributed by atoms with E-state index < -0.39 is 0 Å². The number of benzene rings is 2. The van der Waals surface area contributed by atoms with Crippen LogP contribution in [0, 0.1) is 0 Å². The highest BCUT2D eigenvalue weighted by Gasteiger charge is 2.23. The van der Waals surface area contributed by atoms with Crippen LogP contribution in [0.3, 0.4) is 0 Å². The van der Waals surface area contributed by atoms with E-state index in [4.69, 9.17) is 21.1 Å². The van der Waals surface area contributed by atoms with E-state index >= 15 is 0 Å². The molecule has 1 heterocycles. The molecular formula is C17H16BrClO2. The number of halogens is 2. The summed E-state index contributed by atoms with van der Waals surface area (Å²) in [5.41, 5.74) is 3.42. The van der Waals surface area contributed by atoms with E-state index in [1.165, 1.54) is 5.56 Å². The minimum absolute atomic E-state index is 0.0544. The Morgan fingerprint density at radius 2 is 2.05 bits per heavy atom. The molecule has 1 aliphatic rings. The molecule has 1 unspecified atom stereocenters. The molecule has 2 nitrogen and oxygen atoms in total. The van der Waals surface area contributed by atoms with E-state index in [-0.39, 0.29) is 4.83 Å². The summed E-state index contributed by atoms with van der Waals surface area (Å²) < 4.78 is 11.3. The second-order valence-electron chi connectivity index (χ2n) is 4.95. The molecule has 0 N–H and O–H groups in total. The van der Waals surface area contributed by atoms with Crippen LogP contribution in [0.2, 0.25) is 5.02 Å². The summed E-state index contributed by atoms with van der Waals surface area (Å²) in [6.45, 7) is 3.38. The first-order valence-corrected chi connectivity index (χ1v) is 8.30. The fourth-order valence-electron chi connectivity index (χ4n) is 2.57. The Bertz CT molecular complexity index is 640. The maximum absolute atomic E-state index is 6.23. The van der Waals surface area contributed by atoms with Crippen molar-refractivity contribution in [3.05, 3.63) is 58.1 Å². The highest BCUT2D eigenvalue weighted by Crippen LogP contribution is 2.42. The largest absolute Gasteiger partial charge is 0.494 e. The summed E-state index contributed by atoms with van der Waals surface area (Å²) in [6.07, 6.45) is 0.923. The molecule has 0 saturated carbocycles. The number of rotatable bonds is 4. The lowest BCUT2D eigenvalue weighted by atomic mass is 10.0. The van der Waals surface area contributed by atoms with Gasteiger partial charge in [0.25, 0.3) is 0 Å². The SMILES string of the molecule is CCOc1ccc(C(Br)c2cc(Cl)cc3c2OCC3)cc1. The van der Waals surface area contributed by atoms with Gasteiger partial charge in [-0.3, -0.25) is 0 Å². The van der Waals surface area contributed by atoms with E-state index in [2.05, 4.69) is 28.1 Å². The summed E-state index contributed by atoms with van der Waals surface area (Å²) >= 11 is 10.00. The highest BCUT2D eigenvalue weighted by molar-refractivity contribution is 9.09. The topological polar surface area (TPSA) is 18.5 Å². The zero-order chi connectivity index (χ0) is 14.8. The van der Waals surface area contributed by atoms with Crippen LogP contribution >= 0.6 is 27.5 Å². The van der Waals surface area contributed by atoms with Crippen LogP contribution < -0.4 is 9.47 Å². The van der Waals surface area contributed by atoms with Gasteiger partial charge < -0.3 is 9.47 Å². The van der Waals surface area contributed by atoms with Crippen molar-refractivity contribution in [2.24, 2.45) is 0 Å². The zero-order valence-electron chi connectivity index (χ0n) is 11.7. The zero-order valence-corrected chi connectivity index (χ0v) is 14.1. The third-order valence-electron chi connectivity index (χ3n) is 3.53. The first-order chi connectivity index (χ1) is 10.2. The van der Waals surface area contributed by atoms with Crippen LogP contribution in [0.1, 0.15) is 28.4 Å². The van der Waals surface area contributed by atoms with Crippen LogP contribution in [0.25, 0.3) is 0 Å². The van der Waals surface area contributed by atoms with Crippen molar-refractivity contribution < 1.29 is 9.47 Å². The molecule has 0 amide bonds. The lowest BCUT2D eigenvalue weighted by molar-refractivity contribution is 0.340. The minimum atomic E-state index is 0.0544. The molecule has 0 aliphatic carbocycles. The van der Waals surface area contributed by atoms with Crippen molar-refractivity contribution in [3.63, 3.8) is 0 Å². The molecular weight excluding hydrogens is 352 g/mol. The Balaban J connectivity index is 1.93. The first-order valence-electron chi connectivity index (χ1n) is 7.01. The van der Waals surface area contributed by atoms with Gasteiger partial charge >= 0.3 is 0 Å². The van der Waals surface area contributed by atoms with Crippen LogP contribution in [-0.2, 0) is 6.42 Å². The number of hydrogen-bond acceptors (Lipinski definition) is 2. The Labute approximate surface area is 138 Å². The van der Waals surface area contributed by atoms with Crippen molar-refractivity contribution in [2.75, 3.05) is 13.2 Å². The molecule has 4 heteroatoms. The summed E-state index contributed by atoms with van der Waals surface area (Å²) in [4.78, 5) is 0.0544. The molecule has 2 aromatic carbocycles. The number of ether oxygens (including phenoxy) is 2. The summed E-state index contributed by atoms with van der Waals surface area (Å²) in [5, 5.41) is 0.754. The average molecular weight is 368 g/mol. The molecule has 3 rings (SSSR count). The number of fused-ring (bicyclic) bond motifs is 1. The fraction of sp³-hybridized carbons (Fsp3) is 0.294. The molecule has 1 aliphatic heterocycles. The summed E-state index contributed by atoms with van der Waals surface area (Å²) in [6, 6.07) is 12.1. The maximum Gasteiger partial charge on any atom is 0.127 e. The van der Waals surface area contributed by atoms with E-state index in [1.807, 2.05) is 31.2 Å². The molecule has 21 heavy (non-hydrogen) atoms. The Morgan fingerprint density at radius 1 is 1.29 bits per heavy atom. The van der Waals surface area contributed by atoms with Gasteiger partial charge in [-0.2, -0.15) is 0 Å². The Morgan fingerprint density at radius 3 is 2.76 bits per heavy atom. The average Bonchev–Trinajstić information content (AvgIpc) is 2.95. The van der Waals surface area contributed by atoms with Crippen molar-refractivity contribution in [3.8, 4) is 11.5 Å². The van der Waals surface area contributed by atoms with Crippen LogP contribution in [-0.4, -0.2) is 13.2 Å². The molecule has 0 saturated heterocycles. The first kappa shape index (κ1) is 14.7. The molecule has 1 atom stereocenters. The monoisotopic (exact) mass is 366 g/mol. The number of hydrogen-bond donors (Lipinski definition) is 0. The van der Waals surface area contributed by atoms with Crippen molar-refractivity contribution in [2.45, 2.75) is 18.2 Å². The molecule has 0 aromatic heterocycles. The standard InChI is InChI=1S/C17H16BrClO2/c1-2-20-14-5-3-11(4-6-14)16(18)15-10-13(19)9-12-7-8-21-17(12)15/h3-6,9-10,16H,2,7-8H2,1H3. The molecule has 2 aromatic rings. The molecule has 0 bridgehead atoms. The van der Waals surface area contributed by atoms with Gasteiger partial charge in [0.05, 0.1) is 18.0 Å². The molecule has 0 spiro atoms. The quantitative estimate of drug-likeness (QED) is 0.695. The second-order valence-corrected chi connectivity index (χ2v) is 6.30. The summed E-state index contributed by atoms with van der Waals surface area (Å²) in [5.74, 6) is 1.85. The lowest BCUT2D eigenvalue weighted by Crippen LogP contribution is -1.98.